The molecule has 0 aliphatic rings. The van der Waals surface area contributed by atoms with Gasteiger partial charge in [-0.2, -0.15) is 0 Å². The fraction of sp³-hybridized carbons (Fsp3) is 0.273. The zero-order chi connectivity index (χ0) is 14.0. The molecule has 0 aliphatic heterocycles. The Morgan fingerprint density at radius 2 is 2.26 bits per heavy atom. The third-order valence-corrected chi connectivity index (χ3v) is 3.14. The number of nitrogens with two attached hydrogens (primary N) is 1. The molecule has 0 radical (unpaired) electrons. The molecule has 8 heteroatoms. The lowest BCUT2D eigenvalue weighted by atomic mass is 10.2. The summed E-state index contributed by atoms with van der Waals surface area (Å²) in [6, 6.07) is 4.77. The van der Waals surface area contributed by atoms with Crippen molar-refractivity contribution in [3.63, 3.8) is 0 Å². The van der Waals surface area contributed by atoms with Crippen molar-refractivity contribution in [2.75, 3.05) is 5.73 Å². The Kier molecular flexibility index (Phi) is 3.79. The van der Waals surface area contributed by atoms with Crippen LogP contribution in [0, 0.1) is 10.1 Å². The van der Waals surface area contributed by atoms with E-state index in [1.165, 1.54) is 10.7 Å². The van der Waals surface area contributed by atoms with E-state index in [1.54, 1.807) is 12.1 Å². The first-order valence-electron chi connectivity index (χ1n) is 5.69. The summed E-state index contributed by atoms with van der Waals surface area (Å²) >= 11 is 3.22. The maximum Gasteiger partial charge on any atom is 0.296 e. The van der Waals surface area contributed by atoms with Crippen molar-refractivity contribution in [3.8, 4) is 5.69 Å². The number of nitrogens with zero attached hydrogens (tertiary/aromatic N) is 4. The molecule has 0 amide bonds. The summed E-state index contributed by atoms with van der Waals surface area (Å²) in [5.74, 6) is 0.305. The quantitative estimate of drug-likeness (QED) is 0.687. The van der Waals surface area contributed by atoms with Gasteiger partial charge in [-0.25, -0.2) is 4.68 Å². The summed E-state index contributed by atoms with van der Waals surface area (Å²) in [5.41, 5.74) is 6.75. The number of nitro benzene ring substituents is 1. The van der Waals surface area contributed by atoms with E-state index in [4.69, 9.17) is 5.73 Å². The maximum atomic E-state index is 11.1. The molecule has 0 spiro atoms. The molecule has 0 saturated carbocycles. The Labute approximate surface area is 117 Å². The van der Waals surface area contributed by atoms with E-state index in [-0.39, 0.29) is 5.69 Å². The molecule has 19 heavy (non-hydrogen) atoms. The molecular formula is C11H12BrN5O2. The predicted molar refractivity (Wildman–Crippen MR) is 74.1 cm³/mol. The first-order valence-corrected chi connectivity index (χ1v) is 6.48. The molecule has 1 aromatic carbocycles. The van der Waals surface area contributed by atoms with Crippen molar-refractivity contribution in [1.82, 2.24) is 15.0 Å². The van der Waals surface area contributed by atoms with Crippen molar-refractivity contribution >= 4 is 27.4 Å². The van der Waals surface area contributed by atoms with Crippen LogP contribution in [0.2, 0.25) is 0 Å². The first kappa shape index (κ1) is 13.5. The number of nitrogen functional groups attached to an aromatic ring is 1. The number of anilines is 1. The lowest BCUT2D eigenvalue weighted by Gasteiger charge is -2.06. The van der Waals surface area contributed by atoms with Gasteiger partial charge in [-0.15, -0.1) is 5.10 Å². The Morgan fingerprint density at radius 1 is 1.53 bits per heavy atom. The molecular weight excluding hydrogens is 314 g/mol. The van der Waals surface area contributed by atoms with Crippen molar-refractivity contribution in [2.45, 2.75) is 19.8 Å². The highest BCUT2D eigenvalue weighted by Crippen LogP contribution is 2.28. The van der Waals surface area contributed by atoms with Crippen molar-refractivity contribution < 1.29 is 4.92 Å². The number of halogens is 1. The second-order valence-corrected chi connectivity index (χ2v) is 4.89. The molecule has 2 rings (SSSR count). The molecule has 0 saturated heterocycles. The van der Waals surface area contributed by atoms with E-state index in [0.29, 0.717) is 28.1 Å². The van der Waals surface area contributed by atoms with Crippen LogP contribution in [0.5, 0.6) is 0 Å². The Hall–Kier alpha value is -1.96. The van der Waals surface area contributed by atoms with Gasteiger partial charge >= 0.3 is 0 Å². The summed E-state index contributed by atoms with van der Waals surface area (Å²) < 4.78 is 2.07. The molecule has 0 atom stereocenters. The highest BCUT2D eigenvalue weighted by molar-refractivity contribution is 9.10. The number of hydrogen-bond acceptors (Lipinski definition) is 5. The number of benzene rings is 1. The van der Waals surface area contributed by atoms with Gasteiger partial charge in [0.25, 0.3) is 5.69 Å². The van der Waals surface area contributed by atoms with Gasteiger partial charge in [-0.3, -0.25) is 10.1 Å². The fourth-order valence-corrected chi connectivity index (χ4v) is 2.15. The minimum Gasteiger partial charge on any atom is -0.381 e. The van der Waals surface area contributed by atoms with Crippen LogP contribution in [0.4, 0.5) is 11.5 Å². The van der Waals surface area contributed by atoms with Crippen LogP contribution in [0.3, 0.4) is 0 Å². The van der Waals surface area contributed by atoms with Crippen LogP contribution >= 0.6 is 15.9 Å². The molecule has 2 N–H and O–H groups in total. The van der Waals surface area contributed by atoms with Gasteiger partial charge in [0.2, 0.25) is 0 Å². The highest BCUT2D eigenvalue weighted by Gasteiger charge is 2.20. The minimum atomic E-state index is -0.451. The van der Waals surface area contributed by atoms with Crippen LogP contribution in [0.15, 0.2) is 22.7 Å². The Bertz CT molecular complexity index is 626. The molecule has 100 valence electrons. The molecule has 7 nitrogen and oxygen atoms in total. The zero-order valence-electron chi connectivity index (χ0n) is 10.2. The summed E-state index contributed by atoms with van der Waals surface area (Å²) in [5, 5.41) is 18.8. The van der Waals surface area contributed by atoms with Gasteiger partial charge in [0.15, 0.2) is 5.82 Å². The van der Waals surface area contributed by atoms with Crippen LogP contribution in [0.1, 0.15) is 19.0 Å². The minimum absolute atomic E-state index is 0.0448. The van der Waals surface area contributed by atoms with Gasteiger partial charge in [-0.05, 0) is 18.6 Å². The lowest BCUT2D eigenvalue weighted by molar-refractivity contribution is -0.384. The van der Waals surface area contributed by atoms with Gasteiger partial charge in [0, 0.05) is 10.5 Å². The molecule has 2 aromatic rings. The topological polar surface area (TPSA) is 99.9 Å². The molecule has 0 unspecified atom stereocenters. The standard InChI is InChI=1S/C11H12BrN5O2/c1-2-3-9-11(13)14-15-16(9)8-5-4-7(12)6-10(8)17(18)19/h4-6H,2-3,13H2,1H3. The van der Waals surface area contributed by atoms with Gasteiger partial charge < -0.3 is 5.73 Å². The average Bonchev–Trinajstić information content (AvgIpc) is 2.72. The third kappa shape index (κ3) is 2.58. The first-order chi connectivity index (χ1) is 9.04. The maximum absolute atomic E-state index is 11.1. The number of aromatic nitrogens is 3. The van der Waals surface area contributed by atoms with E-state index in [1.807, 2.05) is 6.92 Å². The van der Waals surface area contributed by atoms with Crippen LogP contribution in [-0.2, 0) is 6.42 Å². The Balaban J connectivity index is 2.62. The fourth-order valence-electron chi connectivity index (χ4n) is 1.80. The number of rotatable bonds is 4. The van der Waals surface area contributed by atoms with E-state index >= 15 is 0 Å². The lowest BCUT2D eigenvalue weighted by Crippen LogP contribution is -2.06. The van der Waals surface area contributed by atoms with E-state index in [2.05, 4.69) is 26.2 Å². The monoisotopic (exact) mass is 325 g/mol. The summed E-state index contributed by atoms with van der Waals surface area (Å²) in [6.45, 7) is 1.99. The van der Waals surface area contributed by atoms with Crippen molar-refractivity contribution in [2.24, 2.45) is 0 Å². The van der Waals surface area contributed by atoms with E-state index in [9.17, 15) is 10.1 Å². The second-order valence-electron chi connectivity index (χ2n) is 3.97. The van der Waals surface area contributed by atoms with Gasteiger partial charge in [0.05, 0.1) is 10.6 Å². The molecule has 0 aliphatic carbocycles. The van der Waals surface area contributed by atoms with Crippen molar-refractivity contribution in [1.29, 1.82) is 0 Å². The third-order valence-electron chi connectivity index (χ3n) is 2.64. The normalized spacial score (nSPS) is 10.6. The molecule has 0 bridgehead atoms. The predicted octanol–water partition coefficient (Wildman–Crippen LogP) is 2.47. The summed E-state index contributed by atoms with van der Waals surface area (Å²) in [6.07, 6.45) is 1.51. The summed E-state index contributed by atoms with van der Waals surface area (Å²) in [4.78, 5) is 10.7. The van der Waals surface area contributed by atoms with E-state index in [0.717, 1.165) is 6.42 Å². The van der Waals surface area contributed by atoms with Crippen LogP contribution in [0.25, 0.3) is 5.69 Å². The molecule has 1 aromatic heterocycles. The Morgan fingerprint density at radius 3 is 2.89 bits per heavy atom. The number of hydrogen-bond donors (Lipinski definition) is 1. The average molecular weight is 326 g/mol. The highest BCUT2D eigenvalue weighted by atomic mass is 79.9. The largest absolute Gasteiger partial charge is 0.381 e. The molecule has 0 fully saturated rings. The van der Waals surface area contributed by atoms with Crippen LogP contribution in [-0.4, -0.2) is 19.9 Å². The second kappa shape index (κ2) is 5.35. The summed E-state index contributed by atoms with van der Waals surface area (Å²) in [7, 11) is 0. The van der Waals surface area contributed by atoms with Gasteiger partial charge in [-0.1, -0.05) is 34.5 Å². The van der Waals surface area contributed by atoms with E-state index < -0.39 is 4.92 Å². The van der Waals surface area contributed by atoms with Gasteiger partial charge in [0.1, 0.15) is 5.69 Å². The molecule has 1 heterocycles. The smallest absolute Gasteiger partial charge is 0.296 e. The number of nitro groups is 1. The zero-order valence-corrected chi connectivity index (χ0v) is 11.8. The van der Waals surface area contributed by atoms with Crippen molar-refractivity contribution in [3.05, 3.63) is 38.5 Å². The van der Waals surface area contributed by atoms with Crippen LogP contribution < -0.4 is 5.73 Å². The SMILES string of the molecule is CCCc1c(N)nnn1-c1ccc(Br)cc1[N+](=O)[O-].